The van der Waals surface area contributed by atoms with Crippen LogP contribution in [0.3, 0.4) is 0 Å². The predicted octanol–water partition coefficient (Wildman–Crippen LogP) is 2.90. The lowest BCUT2D eigenvalue weighted by Crippen LogP contribution is -2.61. The minimum absolute atomic E-state index is 0.114. The molecule has 0 bridgehead atoms. The average Bonchev–Trinajstić information content (AvgIpc) is 2.28. The van der Waals surface area contributed by atoms with Crippen LogP contribution in [-0.4, -0.2) is 34.2 Å². The van der Waals surface area contributed by atoms with Gasteiger partial charge < -0.3 is 5.11 Å². The van der Waals surface area contributed by atoms with Gasteiger partial charge in [-0.15, -0.1) is 0 Å². The lowest BCUT2D eigenvalue weighted by atomic mass is 9.78. The molecular formula is C14H25NO2S. The summed E-state index contributed by atoms with van der Waals surface area (Å²) < 4.78 is 0. The van der Waals surface area contributed by atoms with E-state index in [2.05, 4.69) is 19.2 Å². The summed E-state index contributed by atoms with van der Waals surface area (Å²) in [5, 5.41) is 13.2. The molecule has 2 N–H and O–H groups in total. The number of carbonyl (C=O) groups is 1. The topological polar surface area (TPSA) is 49.3 Å². The minimum Gasteiger partial charge on any atom is -0.480 e. The molecule has 2 fully saturated rings. The van der Waals surface area contributed by atoms with Gasteiger partial charge in [0.05, 0.1) is 0 Å². The Bertz CT molecular complexity index is 313. The molecule has 3 nitrogen and oxygen atoms in total. The van der Waals surface area contributed by atoms with Gasteiger partial charge in [-0.25, -0.2) is 0 Å². The molecule has 1 saturated carbocycles. The Morgan fingerprint density at radius 1 is 1.22 bits per heavy atom. The number of nitrogens with one attached hydrogen (secondary N) is 1. The summed E-state index contributed by atoms with van der Waals surface area (Å²) in [7, 11) is 0. The van der Waals surface area contributed by atoms with Crippen molar-refractivity contribution in [3.05, 3.63) is 0 Å². The van der Waals surface area contributed by atoms with Crippen molar-refractivity contribution in [2.24, 2.45) is 5.41 Å². The van der Waals surface area contributed by atoms with Gasteiger partial charge in [-0.1, -0.05) is 33.1 Å². The standard InChI is InChI=1S/C14H25NO2S/c1-13(2)8-14(12(16)17,10-18-9-13)15-11-6-4-3-5-7-11/h11,15H,3-10H2,1-2H3,(H,16,17). The van der Waals surface area contributed by atoms with Crippen molar-refractivity contribution in [2.75, 3.05) is 11.5 Å². The van der Waals surface area contributed by atoms with Crippen molar-refractivity contribution in [1.82, 2.24) is 5.32 Å². The first-order valence-electron chi connectivity index (χ1n) is 7.02. The van der Waals surface area contributed by atoms with Crippen molar-refractivity contribution in [3.63, 3.8) is 0 Å². The van der Waals surface area contributed by atoms with Crippen molar-refractivity contribution < 1.29 is 9.90 Å². The van der Waals surface area contributed by atoms with Crippen LogP contribution in [0.4, 0.5) is 0 Å². The zero-order valence-electron chi connectivity index (χ0n) is 11.5. The van der Waals surface area contributed by atoms with E-state index in [-0.39, 0.29) is 5.41 Å². The van der Waals surface area contributed by atoms with Crippen molar-refractivity contribution in [3.8, 4) is 0 Å². The Morgan fingerprint density at radius 3 is 2.44 bits per heavy atom. The molecule has 1 unspecified atom stereocenters. The second-order valence-electron chi connectivity index (χ2n) is 6.70. The van der Waals surface area contributed by atoms with Gasteiger partial charge in [0, 0.05) is 11.8 Å². The Balaban J connectivity index is 2.08. The Labute approximate surface area is 114 Å². The molecule has 1 aliphatic carbocycles. The second kappa shape index (κ2) is 5.41. The third-order valence-corrected chi connectivity index (χ3v) is 5.80. The van der Waals surface area contributed by atoms with E-state index in [1.54, 1.807) is 11.8 Å². The highest BCUT2D eigenvalue weighted by Gasteiger charge is 2.47. The molecular weight excluding hydrogens is 246 g/mol. The lowest BCUT2D eigenvalue weighted by molar-refractivity contribution is -0.146. The zero-order valence-corrected chi connectivity index (χ0v) is 12.3. The summed E-state index contributed by atoms with van der Waals surface area (Å²) in [5.74, 6) is 1.12. The van der Waals surface area contributed by atoms with Gasteiger partial charge in [-0.3, -0.25) is 10.1 Å². The molecule has 1 aliphatic heterocycles. The fraction of sp³-hybridized carbons (Fsp3) is 0.929. The maximum atomic E-state index is 11.8. The van der Waals surface area contributed by atoms with Crippen molar-refractivity contribution >= 4 is 17.7 Å². The van der Waals surface area contributed by atoms with Crippen molar-refractivity contribution in [1.29, 1.82) is 0 Å². The monoisotopic (exact) mass is 271 g/mol. The van der Waals surface area contributed by atoms with Gasteiger partial charge in [0.15, 0.2) is 0 Å². The van der Waals surface area contributed by atoms with E-state index in [9.17, 15) is 9.90 Å². The molecule has 1 heterocycles. The largest absolute Gasteiger partial charge is 0.480 e. The summed E-state index contributed by atoms with van der Waals surface area (Å²) in [4.78, 5) is 11.8. The number of aliphatic carboxylic acids is 1. The van der Waals surface area contributed by atoms with Gasteiger partial charge in [0.25, 0.3) is 0 Å². The molecule has 4 heteroatoms. The number of thioether (sulfide) groups is 1. The fourth-order valence-corrected chi connectivity index (χ4v) is 4.76. The second-order valence-corrected chi connectivity index (χ2v) is 7.69. The van der Waals surface area contributed by atoms with Gasteiger partial charge in [0.2, 0.25) is 0 Å². The molecule has 2 aliphatic rings. The molecule has 1 saturated heterocycles. The van der Waals surface area contributed by atoms with Crippen LogP contribution in [0, 0.1) is 5.41 Å². The highest BCUT2D eigenvalue weighted by Crippen LogP contribution is 2.40. The smallest absolute Gasteiger partial charge is 0.324 e. The molecule has 18 heavy (non-hydrogen) atoms. The quantitative estimate of drug-likeness (QED) is 0.828. The number of rotatable bonds is 3. The Kier molecular flexibility index (Phi) is 4.27. The number of carboxylic acids is 1. The first-order chi connectivity index (χ1) is 8.44. The number of hydrogen-bond donors (Lipinski definition) is 2. The summed E-state index contributed by atoms with van der Waals surface area (Å²) in [6.45, 7) is 4.36. The van der Waals surface area contributed by atoms with Crippen LogP contribution in [0.25, 0.3) is 0 Å². The van der Waals surface area contributed by atoms with E-state index in [0.29, 0.717) is 11.8 Å². The number of hydrogen-bond acceptors (Lipinski definition) is 3. The normalized spacial score (nSPS) is 33.2. The maximum absolute atomic E-state index is 11.8. The molecule has 0 amide bonds. The zero-order chi connectivity index (χ0) is 13.2. The van der Waals surface area contributed by atoms with E-state index in [1.165, 1.54) is 19.3 Å². The highest BCUT2D eigenvalue weighted by molar-refractivity contribution is 7.99. The van der Waals surface area contributed by atoms with Crippen LogP contribution in [0.1, 0.15) is 52.4 Å². The summed E-state index contributed by atoms with van der Waals surface area (Å²) in [5.41, 5.74) is -0.586. The van der Waals surface area contributed by atoms with Crippen LogP contribution >= 0.6 is 11.8 Å². The first kappa shape index (κ1) is 14.2. The highest BCUT2D eigenvalue weighted by atomic mass is 32.2. The van der Waals surface area contributed by atoms with E-state index in [1.807, 2.05) is 0 Å². The van der Waals surface area contributed by atoms with Crippen molar-refractivity contribution in [2.45, 2.75) is 64.0 Å². The molecule has 0 spiro atoms. The van der Waals surface area contributed by atoms with Crippen LogP contribution in [0.2, 0.25) is 0 Å². The molecule has 0 aromatic rings. The van der Waals surface area contributed by atoms with Crippen LogP contribution in [0.15, 0.2) is 0 Å². The average molecular weight is 271 g/mol. The molecule has 0 aromatic carbocycles. The lowest BCUT2D eigenvalue weighted by Gasteiger charge is -2.44. The third-order valence-electron chi connectivity index (χ3n) is 4.12. The van der Waals surface area contributed by atoms with Crippen LogP contribution < -0.4 is 5.32 Å². The van der Waals surface area contributed by atoms with Gasteiger partial charge in [-0.05, 0) is 30.4 Å². The van der Waals surface area contributed by atoms with Gasteiger partial charge >= 0.3 is 5.97 Å². The first-order valence-corrected chi connectivity index (χ1v) is 8.18. The molecule has 2 rings (SSSR count). The van der Waals surface area contributed by atoms with Crippen LogP contribution in [0.5, 0.6) is 0 Å². The summed E-state index contributed by atoms with van der Waals surface area (Å²) in [6.07, 6.45) is 6.81. The molecule has 1 atom stereocenters. The van der Waals surface area contributed by atoms with E-state index in [0.717, 1.165) is 25.0 Å². The summed E-state index contributed by atoms with van der Waals surface area (Å²) in [6, 6.07) is 0.407. The van der Waals surface area contributed by atoms with Crippen LogP contribution in [-0.2, 0) is 4.79 Å². The fourth-order valence-electron chi connectivity index (χ4n) is 3.35. The van der Waals surface area contributed by atoms with Gasteiger partial charge in [-0.2, -0.15) is 11.8 Å². The Morgan fingerprint density at radius 2 is 1.89 bits per heavy atom. The van der Waals surface area contributed by atoms with Gasteiger partial charge in [0.1, 0.15) is 5.54 Å². The Hall–Kier alpha value is -0.220. The predicted molar refractivity (Wildman–Crippen MR) is 76.1 cm³/mol. The third kappa shape index (κ3) is 3.21. The van der Waals surface area contributed by atoms with E-state index >= 15 is 0 Å². The molecule has 104 valence electrons. The minimum atomic E-state index is -0.700. The number of carboxylic acid groups (broad SMARTS) is 1. The maximum Gasteiger partial charge on any atom is 0.324 e. The SMILES string of the molecule is CC1(C)CSCC(NC2CCCCC2)(C(=O)O)C1. The molecule has 0 radical (unpaired) electrons. The summed E-state index contributed by atoms with van der Waals surface area (Å²) >= 11 is 1.78. The molecule has 0 aromatic heterocycles. The van der Waals surface area contributed by atoms with E-state index < -0.39 is 11.5 Å². The van der Waals surface area contributed by atoms with E-state index in [4.69, 9.17) is 0 Å².